The van der Waals surface area contributed by atoms with E-state index in [4.69, 9.17) is 0 Å². The van der Waals surface area contributed by atoms with Gasteiger partial charge < -0.3 is 9.88 Å². The Labute approximate surface area is 156 Å². The Kier molecular flexibility index (Phi) is 4.83. The van der Waals surface area contributed by atoms with Crippen molar-refractivity contribution < 1.29 is 9.18 Å². The van der Waals surface area contributed by atoms with Crippen molar-refractivity contribution >= 4 is 16.9 Å². The molecule has 1 amide bonds. The van der Waals surface area contributed by atoms with E-state index in [9.17, 15) is 9.18 Å². The van der Waals surface area contributed by atoms with Gasteiger partial charge in [0.15, 0.2) is 0 Å². The van der Waals surface area contributed by atoms with Gasteiger partial charge in [-0.05, 0) is 43.9 Å². The summed E-state index contributed by atoms with van der Waals surface area (Å²) in [6.07, 6.45) is 7.55. The Bertz CT molecular complexity index is 970. The van der Waals surface area contributed by atoms with Gasteiger partial charge in [-0.3, -0.25) is 4.79 Å². The quantitative estimate of drug-likeness (QED) is 0.761. The van der Waals surface area contributed by atoms with Gasteiger partial charge in [0.25, 0.3) is 5.91 Å². The predicted octanol–water partition coefficient (Wildman–Crippen LogP) is 3.81. The first-order chi connectivity index (χ1) is 13.2. The number of imidazole rings is 1. The van der Waals surface area contributed by atoms with Crippen LogP contribution in [0, 0.1) is 5.82 Å². The van der Waals surface area contributed by atoms with Gasteiger partial charge in [-0.1, -0.05) is 13.3 Å². The van der Waals surface area contributed by atoms with Crippen LogP contribution in [0.5, 0.6) is 0 Å². The number of hydrogen-bond donors (Lipinski definition) is 1. The van der Waals surface area contributed by atoms with Gasteiger partial charge in [0.05, 0.1) is 28.3 Å². The summed E-state index contributed by atoms with van der Waals surface area (Å²) in [5, 5.41) is 0. The highest BCUT2D eigenvalue weighted by Gasteiger charge is 2.32. The number of aryl methyl sites for hydroxylation is 1. The van der Waals surface area contributed by atoms with Crippen LogP contribution in [-0.2, 0) is 6.42 Å². The molecule has 1 aliphatic rings. The SMILES string of the molecule is CCCc1ncncc1C(=O)N1CCCC[C@H]1c1nc2ccc(F)cc2[nH]1. The highest BCUT2D eigenvalue weighted by atomic mass is 19.1. The van der Waals surface area contributed by atoms with E-state index in [0.29, 0.717) is 29.0 Å². The maximum atomic E-state index is 13.5. The Morgan fingerprint density at radius 1 is 1.37 bits per heavy atom. The third kappa shape index (κ3) is 3.41. The van der Waals surface area contributed by atoms with Crippen LogP contribution in [0.2, 0.25) is 0 Å². The summed E-state index contributed by atoms with van der Waals surface area (Å²) in [7, 11) is 0. The summed E-state index contributed by atoms with van der Waals surface area (Å²) >= 11 is 0. The average molecular weight is 367 g/mol. The zero-order chi connectivity index (χ0) is 18.8. The Morgan fingerprint density at radius 2 is 2.26 bits per heavy atom. The molecule has 6 nitrogen and oxygen atoms in total. The summed E-state index contributed by atoms with van der Waals surface area (Å²) < 4.78 is 13.5. The van der Waals surface area contributed by atoms with Gasteiger partial charge in [0.1, 0.15) is 18.0 Å². The lowest BCUT2D eigenvalue weighted by molar-refractivity contribution is 0.0599. The minimum absolute atomic E-state index is 0.0598. The highest BCUT2D eigenvalue weighted by Crippen LogP contribution is 2.32. The standard InChI is InChI=1S/C20H22FN5O/c1-2-5-15-14(11-22-12-23-15)20(27)26-9-4-3-6-18(26)19-24-16-8-7-13(21)10-17(16)25-19/h7-8,10-12,18H,2-6,9H2,1H3,(H,24,25)/t18-/m0/s1. The summed E-state index contributed by atoms with van der Waals surface area (Å²) in [4.78, 5) is 31.3. The van der Waals surface area contributed by atoms with Crippen molar-refractivity contribution in [1.82, 2.24) is 24.8 Å². The third-order valence-electron chi connectivity index (χ3n) is 5.05. The number of likely N-dealkylation sites (tertiary alicyclic amines) is 1. The monoisotopic (exact) mass is 367 g/mol. The number of aromatic amines is 1. The second kappa shape index (κ2) is 7.42. The van der Waals surface area contributed by atoms with E-state index < -0.39 is 0 Å². The third-order valence-corrected chi connectivity index (χ3v) is 5.05. The number of nitrogens with zero attached hydrogens (tertiary/aromatic N) is 4. The number of benzene rings is 1. The van der Waals surface area contributed by atoms with Gasteiger partial charge in [-0.15, -0.1) is 0 Å². The maximum absolute atomic E-state index is 13.5. The van der Waals surface area contributed by atoms with Gasteiger partial charge in [-0.25, -0.2) is 19.3 Å². The molecule has 1 N–H and O–H groups in total. The van der Waals surface area contributed by atoms with Crippen LogP contribution in [0.1, 0.15) is 60.5 Å². The average Bonchev–Trinajstić information content (AvgIpc) is 3.11. The number of aromatic nitrogens is 4. The lowest BCUT2D eigenvalue weighted by Crippen LogP contribution is -2.39. The number of carbonyl (C=O) groups is 1. The van der Waals surface area contributed by atoms with Crippen molar-refractivity contribution in [3.05, 3.63) is 53.6 Å². The molecule has 2 aromatic heterocycles. The molecule has 1 aliphatic heterocycles. The molecule has 27 heavy (non-hydrogen) atoms. The van der Waals surface area contributed by atoms with E-state index in [1.807, 2.05) is 4.90 Å². The first-order valence-electron chi connectivity index (χ1n) is 9.42. The minimum atomic E-state index is -0.306. The van der Waals surface area contributed by atoms with Crippen molar-refractivity contribution in [3.63, 3.8) is 0 Å². The van der Waals surface area contributed by atoms with Crippen molar-refractivity contribution in [1.29, 1.82) is 0 Å². The molecule has 0 radical (unpaired) electrons. The molecule has 1 saturated heterocycles. The molecule has 1 atom stereocenters. The van der Waals surface area contributed by atoms with E-state index in [1.165, 1.54) is 18.5 Å². The van der Waals surface area contributed by atoms with Gasteiger partial charge in [-0.2, -0.15) is 0 Å². The van der Waals surface area contributed by atoms with Crippen LogP contribution < -0.4 is 0 Å². The molecule has 4 rings (SSSR count). The number of nitrogens with one attached hydrogen (secondary N) is 1. The predicted molar refractivity (Wildman–Crippen MR) is 99.7 cm³/mol. The van der Waals surface area contributed by atoms with Gasteiger partial charge in [0, 0.05) is 12.7 Å². The number of halogens is 1. The number of hydrogen-bond acceptors (Lipinski definition) is 4. The van der Waals surface area contributed by atoms with E-state index in [-0.39, 0.29) is 17.8 Å². The summed E-state index contributed by atoms with van der Waals surface area (Å²) in [5.41, 5.74) is 2.71. The smallest absolute Gasteiger partial charge is 0.257 e. The molecule has 3 aromatic rings. The second-order valence-electron chi connectivity index (χ2n) is 6.93. The Hall–Kier alpha value is -2.83. The molecule has 0 spiro atoms. The van der Waals surface area contributed by atoms with E-state index in [2.05, 4.69) is 26.9 Å². The van der Waals surface area contributed by atoms with Crippen molar-refractivity contribution in [2.45, 2.75) is 45.1 Å². The maximum Gasteiger partial charge on any atom is 0.257 e. The highest BCUT2D eigenvalue weighted by molar-refractivity contribution is 5.95. The first kappa shape index (κ1) is 17.6. The zero-order valence-electron chi connectivity index (χ0n) is 15.3. The Balaban J connectivity index is 1.68. The zero-order valence-corrected chi connectivity index (χ0v) is 15.3. The van der Waals surface area contributed by atoms with E-state index in [1.54, 1.807) is 12.3 Å². The van der Waals surface area contributed by atoms with Gasteiger partial charge in [0.2, 0.25) is 0 Å². The van der Waals surface area contributed by atoms with E-state index >= 15 is 0 Å². The molecular formula is C20H22FN5O. The number of H-pyrrole nitrogens is 1. The molecule has 140 valence electrons. The van der Waals surface area contributed by atoms with E-state index in [0.717, 1.165) is 37.8 Å². The lowest BCUT2D eigenvalue weighted by Gasteiger charge is -2.34. The molecule has 0 unspecified atom stereocenters. The van der Waals surface area contributed by atoms with Crippen LogP contribution in [0.3, 0.4) is 0 Å². The Morgan fingerprint density at radius 3 is 3.11 bits per heavy atom. The van der Waals surface area contributed by atoms with Gasteiger partial charge >= 0.3 is 0 Å². The molecule has 1 aromatic carbocycles. The molecule has 3 heterocycles. The summed E-state index contributed by atoms with van der Waals surface area (Å²) in [6.45, 7) is 2.73. The molecule has 0 bridgehead atoms. The molecule has 1 fully saturated rings. The van der Waals surface area contributed by atoms with Crippen molar-refractivity contribution in [2.75, 3.05) is 6.54 Å². The number of rotatable bonds is 4. The molecule has 0 aliphatic carbocycles. The van der Waals surface area contributed by atoms with Crippen molar-refractivity contribution in [2.24, 2.45) is 0 Å². The molecular weight excluding hydrogens is 345 g/mol. The molecule has 0 saturated carbocycles. The number of fused-ring (bicyclic) bond motifs is 1. The fourth-order valence-corrected chi connectivity index (χ4v) is 3.74. The summed E-state index contributed by atoms with van der Waals surface area (Å²) in [5.74, 6) is 0.341. The van der Waals surface area contributed by atoms with Crippen LogP contribution in [-0.4, -0.2) is 37.3 Å². The lowest BCUT2D eigenvalue weighted by atomic mass is 9.99. The van der Waals surface area contributed by atoms with Crippen LogP contribution in [0.25, 0.3) is 11.0 Å². The minimum Gasteiger partial charge on any atom is -0.340 e. The largest absolute Gasteiger partial charge is 0.340 e. The fraction of sp³-hybridized carbons (Fsp3) is 0.400. The summed E-state index contributed by atoms with van der Waals surface area (Å²) in [6, 6.07) is 4.33. The second-order valence-corrected chi connectivity index (χ2v) is 6.93. The van der Waals surface area contributed by atoms with Crippen molar-refractivity contribution in [3.8, 4) is 0 Å². The number of amides is 1. The van der Waals surface area contributed by atoms with Crippen LogP contribution in [0.4, 0.5) is 4.39 Å². The normalized spacial score (nSPS) is 17.4. The molecule has 7 heteroatoms. The number of piperidine rings is 1. The fourth-order valence-electron chi connectivity index (χ4n) is 3.74. The van der Waals surface area contributed by atoms with Crippen LogP contribution >= 0.6 is 0 Å². The topological polar surface area (TPSA) is 74.8 Å². The first-order valence-corrected chi connectivity index (χ1v) is 9.42. The van der Waals surface area contributed by atoms with Crippen LogP contribution in [0.15, 0.2) is 30.7 Å². The number of carbonyl (C=O) groups excluding carboxylic acids is 1.